The largest absolute Gasteiger partial charge is 0.457 e. The number of rotatable bonds is 1. The predicted octanol–water partition coefficient (Wildman–Crippen LogP) is 4.56. The fourth-order valence-corrected chi connectivity index (χ4v) is 6.24. The van der Waals surface area contributed by atoms with Gasteiger partial charge in [-0.2, -0.15) is 11.3 Å². The van der Waals surface area contributed by atoms with Crippen LogP contribution in [0, 0.1) is 6.92 Å². The summed E-state index contributed by atoms with van der Waals surface area (Å²) in [5.41, 5.74) is 9.33. The molecule has 0 N–H and O–H groups in total. The molecule has 0 bridgehead atoms. The third-order valence-electron chi connectivity index (χ3n) is 6.49. The van der Waals surface area contributed by atoms with Crippen LogP contribution in [-0.4, -0.2) is 6.71 Å². The number of ether oxygens (including phenoxy) is 1. The van der Waals surface area contributed by atoms with E-state index in [2.05, 4.69) is 78.6 Å². The minimum atomic E-state index is 0.254. The number of hydrogen-bond donors (Lipinski definition) is 0. The summed E-state index contributed by atoms with van der Waals surface area (Å²) in [6.45, 7) is 2.44. The van der Waals surface area contributed by atoms with Gasteiger partial charge in [0.15, 0.2) is 0 Å². The number of thiophene rings is 1. The molecule has 0 amide bonds. The summed E-state index contributed by atoms with van der Waals surface area (Å²) in [5, 5.41) is 0. The van der Waals surface area contributed by atoms with Crippen molar-refractivity contribution < 1.29 is 4.74 Å². The second kappa shape index (κ2) is 5.55. The second-order valence-electron chi connectivity index (χ2n) is 8.13. The van der Waals surface area contributed by atoms with Crippen molar-refractivity contribution in [2.24, 2.45) is 0 Å². The van der Waals surface area contributed by atoms with E-state index in [1.165, 1.54) is 48.8 Å². The van der Waals surface area contributed by atoms with Crippen molar-refractivity contribution in [3.8, 4) is 11.5 Å². The molecule has 0 saturated carbocycles. The third-order valence-corrected chi connectivity index (χ3v) is 7.59. The molecule has 1 aliphatic carbocycles. The molecule has 4 aromatic rings. The highest BCUT2D eigenvalue weighted by Crippen LogP contribution is 2.46. The first-order valence-corrected chi connectivity index (χ1v) is 11.0. The summed E-state index contributed by atoms with van der Waals surface area (Å²) < 4.78 is 7.93. The average Bonchev–Trinajstić information content (AvgIpc) is 3.10. The Labute approximate surface area is 174 Å². The maximum Gasteiger partial charge on any atom is 0.268 e. The summed E-state index contributed by atoms with van der Waals surface area (Å²) in [5.74, 6) is 2.17. The van der Waals surface area contributed by atoms with Crippen LogP contribution in [0.2, 0.25) is 0 Å². The van der Waals surface area contributed by atoms with Gasteiger partial charge in [-0.05, 0) is 72.1 Å². The van der Waals surface area contributed by atoms with E-state index in [1.54, 1.807) is 0 Å². The molecule has 3 aliphatic rings. The molecule has 0 saturated heterocycles. The standard InChI is InChI=1S/C25H18BNOS/c1-15-13-22-25(29-15)26-19-9-5-6-10-20(19)27(17-7-3-2-4-8-17)21-14-16-11-12-18(16)24(28-22)23(21)26/h2-10,13-14H,11-12H2,1H3. The molecule has 0 atom stereocenters. The first-order chi connectivity index (χ1) is 14.3. The predicted molar refractivity (Wildman–Crippen MR) is 122 cm³/mol. The minimum absolute atomic E-state index is 0.254. The molecule has 2 nitrogen and oxygen atoms in total. The number of fused-ring (bicyclic) bond motifs is 6. The summed E-state index contributed by atoms with van der Waals surface area (Å²) in [6.07, 6.45) is 2.26. The number of aryl methyl sites for hydroxylation is 2. The number of benzene rings is 3. The van der Waals surface area contributed by atoms with E-state index in [1.807, 2.05) is 11.3 Å². The molecule has 29 heavy (non-hydrogen) atoms. The zero-order valence-corrected chi connectivity index (χ0v) is 16.9. The van der Waals surface area contributed by atoms with Crippen LogP contribution in [0.1, 0.15) is 16.0 Å². The van der Waals surface area contributed by atoms with Crippen molar-refractivity contribution in [1.29, 1.82) is 0 Å². The summed E-state index contributed by atoms with van der Waals surface area (Å²) >= 11 is 1.87. The number of para-hydroxylation sites is 2. The molecular formula is C25H18BNOS. The molecule has 0 fully saturated rings. The van der Waals surface area contributed by atoms with Gasteiger partial charge in [0.2, 0.25) is 0 Å². The van der Waals surface area contributed by atoms with Crippen LogP contribution in [0.25, 0.3) is 0 Å². The first-order valence-electron chi connectivity index (χ1n) is 10.2. The van der Waals surface area contributed by atoms with Crippen LogP contribution in [0.15, 0.2) is 66.7 Å². The van der Waals surface area contributed by atoms with Crippen molar-refractivity contribution in [2.45, 2.75) is 19.8 Å². The van der Waals surface area contributed by atoms with E-state index < -0.39 is 0 Å². The minimum Gasteiger partial charge on any atom is -0.457 e. The topological polar surface area (TPSA) is 12.5 Å². The van der Waals surface area contributed by atoms with Gasteiger partial charge in [-0.25, -0.2) is 0 Å². The van der Waals surface area contributed by atoms with Gasteiger partial charge in [-0.3, -0.25) is 0 Å². The van der Waals surface area contributed by atoms with Crippen molar-refractivity contribution in [1.82, 2.24) is 0 Å². The van der Waals surface area contributed by atoms with E-state index in [4.69, 9.17) is 4.74 Å². The Bertz CT molecular complexity index is 1310. The highest BCUT2D eigenvalue weighted by molar-refractivity contribution is 7.28. The van der Waals surface area contributed by atoms with E-state index in [0.29, 0.717) is 0 Å². The normalized spacial score (nSPS) is 14.9. The monoisotopic (exact) mass is 391 g/mol. The molecule has 4 heteroatoms. The summed E-state index contributed by atoms with van der Waals surface area (Å²) in [4.78, 5) is 3.74. The molecule has 0 spiro atoms. The zero-order valence-electron chi connectivity index (χ0n) is 16.1. The Morgan fingerprint density at radius 3 is 2.59 bits per heavy atom. The Kier molecular flexibility index (Phi) is 3.04. The summed E-state index contributed by atoms with van der Waals surface area (Å²) in [7, 11) is 0. The Morgan fingerprint density at radius 1 is 0.931 bits per heavy atom. The molecule has 3 heterocycles. The average molecular weight is 391 g/mol. The molecule has 3 aromatic carbocycles. The summed E-state index contributed by atoms with van der Waals surface area (Å²) in [6, 6.07) is 24.2. The van der Waals surface area contributed by atoms with Crippen molar-refractivity contribution >= 4 is 50.8 Å². The lowest BCUT2D eigenvalue weighted by molar-refractivity contribution is 0.476. The fraction of sp³-hybridized carbons (Fsp3) is 0.120. The lowest BCUT2D eigenvalue weighted by Gasteiger charge is -2.41. The van der Waals surface area contributed by atoms with Gasteiger partial charge in [0.1, 0.15) is 11.5 Å². The van der Waals surface area contributed by atoms with Crippen LogP contribution in [0.4, 0.5) is 17.1 Å². The van der Waals surface area contributed by atoms with Gasteiger partial charge in [0.05, 0.1) is 0 Å². The smallest absolute Gasteiger partial charge is 0.268 e. The maximum atomic E-state index is 6.59. The lowest BCUT2D eigenvalue weighted by Crippen LogP contribution is -2.59. The van der Waals surface area contributed by atoms with Crippen molar-refractivity contribution in [2.75, 3.05) is 4.90 Å². The molecule has 1 aromatic heterocycles. The molecule has 7 rings (SSSR count). The molecular weight excluding hydrogens is 373 g/mol. The van der Waals surface area contributed by atoms with Crippen LogP contribution >= 0.6 is 11.3 Å². The van der Waals surface area contributed by atoms with Crippen LogP contribution in [0.5, 0.6) is 11.5 Å². The van der Waals surface area contributed by atoms with Gasteiger partial charge >= 0.3 is 0 Å². The Morgan fingerprint density at radius 2 is 1.76 bits per heavy atom. The molecule has 2 aliphatic heterocycles. The van der Waals surface area contributed by atoms with Gasteiger partial charge in [-0.15, -0.1) is 0 Å². The highest BCUT2D eigenvalue weighted by atomic mass is 32.1. The van der Waals surface area contributed by atoms with Gasteiger partial charge in [-0.1, -0.05) is 36.4 Å². The molecule has 138 valence electrons. The Balaban J connectivity index is 1.60. The molecule has 0 unspecified atom stereocenters. The maximum absolute atomic E-state index is 6.59. The van der Waals surface area contributed by atoms with Gasteiger partial charge < -0.3 is 9.64 Å². The van der Waals surface area contributed by atoms with E-state index in [-0.39, 0.29) is 6.71 Å². The van der Waals surface area contributed by atoms with E-state index >= 15 is 0 Å². The van der Waals surface area contributed by atoms with E-state index in [0.717, 1.165) is 24.3 Å². The number of nitrogens with zero attached hydrogens (tertiary/aromatic N) is 1. The zero-order chi connectivity index (χ0) is 19.1. The van der Waals surface area contributed by atoms with Gasteiger partial charge in [0.25, 0.3) is 6.71 Å². The first kappa shape index (κ1) is 15.9. The van der Waals surface area contributed by atoms with Crippen molar-refractivity contribution in [3.05, 3.63) is 82.7 Å². The van der Waals surface area contributed by atoms with E-state index in [9.17, 15) is 0 Å². The fourth-order valence-electron chi connectivity index (χ4n) is 5.16. The number of anilines is 3. The Hall–Kier alpha value is -2.98. The third kappa shape index (κ3) is 2.02. The SMILES string of the molecule is Cc1cc2c(s1)B1c3ccccc3N(c3ccccc3)c3cc4c(c(c31)O2)CC4. The number of hydrogen-bond acceptors (Lipinski definition) is 3. The highest BCUT2D eigenvalue weighted by Gasteiger charge is 2.44. The van der Waals surface area contributed by atoms with Crippen LogP contribution in [0.3, 0.4) is 0 Å². The van der Waals surface area contributed by atoms with Gasteiger partial charge in [0, 0.05) is 26.7 Å². The second-order valence-corrected chi connectivity index (χ2v) is 9.41. The van der Waals surface area contributed by atoms with Crippen LogP contribution in [-0.2, 0) is 12.8 Å². The lowest BCUT2D eigenvalue weighted by atomic mass is 9.36. The molecule has 0 radical (unpaired) electrons. The van der Waals surface area contributed by atoms with Crippen molar-refractivity contribution in [3.63, 3.8) is 0 Å². The van der Waals surface area contributed by atoms with Crippen LogP contribution < -0.4 is 25.3 Å². The quantitative estimate of drug-likeness (QED) is 0.381.